The van der Waals surface area contributed by atoms with Gasteiger partial charge in [0.15, 0.2) is 0 Å². The molecule has 5 saturated carbocycles. The van der Waals surface area contributed by atoms with Crippen LogP contribution in [0, 0.1) is 34.5 Å². The fourth-order valence-electron chi connectivity index (χ4n) is 6.87. The number of hydrogen-bond donors (Lipinski definition) is 1. The molecule has 0 heterocycles. The number of aliphatic hydroxyl groups excluding tert-OH is 1. The third-order valence-electron chi connectivity index (χ3n) is 7.60. The molecule has 5 rings (SSSR count). The van der Waals surface area contributed by atoms with Gasteiger partial charge in [-0.25, -0.2) is 0 Å². The summed E-state index contributed by atoms with van der Waals surface area (Å²) < 4.78 is 0. The predicted octanol–water partition coefficient (Wildman–Crippen LogP) is 4.00. The maximum atomic E-state index is 10.2. The molecule has 1 nitrogen and oxygen atoms in total. The molecular weight excluding hydrogens is 220 g/mol. The van der Waals surface area contributed by atoms with Crippen molar-refractivity contribution in [3.8, 4) is 0 Å². The molecule has 4 bridgehead atoms. The largest absolute Gasteiger partial charge is 0.393 e. The Balaban J connectivity index is 1.65. The van der Waals surface area contributed by atoms with Crippen LogP contribution in [0.1, 0.15) is 65.2 Å². The maximum Gasteiger partial charge on any atom is 0.0599 e. The molecule has 0 aromatic rings. The van der Waals surface area contributed by atoms with Crippen LogP contribution in [-0.2, 0) is 0 Å². The van der Waals surface area contributed by atoms with Gasteiger partial charge < -0.3 is 5.11 Å². The number of rotatable bonds is 2. The first-order valence-electron chi connectivity index (χ1n) is 8.24. The van der Waals surface area contributed by atoms with E-state index in [0.717, 1.165) is 30.1 Å². The van der Waals surface area contributed by atoms with Crippen molar-refractivity contribution in [2.75, 3.05) is 0 Å². The van der Waals surface area contributed by atoms with Gasteiger partial charge in [0.05, 0.1) is 6.10 Å². The molecule has 18 heavy (non-hydrogen) atoms. The second kappa shape index (κ2) is 3.53. The highest BCUT2D eigenvalue weighted by molar-refractivity contribution is 5.12. The van der Waals surface area contributed by atoms with Crippen molar-refractivity contribution in [3.05, 3.63) is 0 Å². The van der Waals surface area contributed by atoms with Gasteiger partial charge in [0.25, 0.3) is 0 Å². The van der Waals surface area contributed by atoms with Gasteiger partial charge in [0, 0.05) is 0 Å². The summed E-state index contributed by atoms with van der Waals surface area (Å²) >= 11 is 0. The van der Waals surface area contributed by atoms with Crippen molar-refractivity contribution in [2.24, 2.45) is 34.5 Å². The monoisotopic (exact) mass is 248 g/mol. The summed E-state index contributed by atoms with van der Waals surface area (Å²) in [7, 11) is 0. The van der Waals surface area contributed by atoms with Crippen LogP contribution in [-0.4, -0.2) is 11.2 Å². The molecular formula is C17H28O. The second-order valence-corrected chi connectivity index (χ2v) is 8.44. The summed E-state index contributed by atoms with van der Waals surface area (Å²) in [5, 5.41) is 10.2. The van der Waals surface area contributed by atoms with E-state index in [1.807, 2.05) is 0 Å². The van der Waals surface area contributed by atoms with Crippen molar-refractivity contribution in [1.82, 2.24) is 0 Å². The van der Waals surface area contributed by atoms with Gasteiger partial charge in [0.2, 0.25) is 0 Å². The Labute approximate surface area is 111 Å². The molecule has 0 amide bonds. The van der Waals surface area contributed by atoms with Gasteiger partial charge in [-0.1, -0.05) is 13.8 Å². The zero-order chi connectivity index (χ0) is 12.5. The summed E-state index contributed by atoms with van der Waals surface area (Å²) in [6, 6.07) is 0. The van der Waals surface area contributed by atoms with Crippen LogP contribution in [0.5, 0.6) is 0 Å². The lowest BCUT2D eigenvalue weighted by Crippen LogP contribution is -2.62. The number of hydrogen-bond acceptors (Lipinski definition) is 1. The summed E-state index contributed by atoms with van der Waals surface area (Å²) in [5.74, 6) is 3.98. The van der Waals surface area contributed by atoms with Crippen LogP contribution in [0.4, 0.5) is 0 Å². The van der Waals surface area contributed by atoms with Crippen LogP contribution >= 0.6 is 0 Å². The molecule has 0 aromatic heterocycles. The fraction of sp³-hybridized carbons (Fsp3) is 1.00. The van der Waals surface area contributed by atoms with Gasteiger partial charge in [-0.3, -0.25) is 0 Å². The minimum atomic E-state index is -0.0134. The second-order valence-electron chi connectivity index (χ2n) is 8.44. The van der Waals surface area contributed by atoms with E-state index in [2.05, 4.69) is 13.8 Å². The van der Waals surface area contributed by atoms with Crippen molar-refractivity contribution < 1.29 is 5.11 Å². The van der Waals surface area contributed by atoms with Crippen molar-refractivity contribution in [1.29, 1.82) is 0 Å². The van der Waals surface area contributed by atoms with Gasteiger partial charge in [-0.05, 0) is 85.9 Å². The Hall–Kier alpha value is -0.0400. The summed E-state index contributed by atoms with van der Waals surface area (Å²) in [5.41, 5.74) is 0.893. The van der Waals surface area contributed by atoms with Crippen LogP contribution in [0.25, 0.3) is 0 Å². The van der Waals surface area contributed by atoms with Crippen LogP contribution in [0.2, 0.25) is 0 Å². The van der Waals surface area contributed by atoms with E-state index in [1.165, 1.54) is 44.9 Å². The summed E-state index contributed by atoms with van der Waals surface area (Å²) in [4.78, 5) is 0. The van der Waals surface area contributed by atoms with E-state index in [4.69, 9.17) is 0 Å². The third kappa shape index (κ3) is 1.32. The molecule has 1 heteroatoms. The molecule has 0 aliphatic heterocycles. The average molecular weight is 248 g/mol. The van der Waals surface area contributed by atoms with E-state index < -0.39 is 0 Å². The van der Waals surface area contributed by atoms with E-state index in [-0.39, 0.29) is 11.5 Å². The molecule has 0 radical (unpaired) electrons. The van der Waals surface area contributed by atoms with Crippen LogP contribution < -0.4 is 0 Å². The molecule has 0 saturated heterocycles. The standard InChI is InChI=1S/C17H28O/c1-3-16(2)14(7-15(16)18)17-8-11-4-12(9-17)6-13(5-11)10-17/h11-15,18H,3-10H2,1-2H3. The minimum absolute atomic E-state index is 0.0134. The lowest BCUT2D eigenvalue weighted by molar-refractivity contribution is -0.211. The molecule has 5 aliphatic rings. The first-order valence-corrected chi connectivity index (χ1v) is 8.24. The Morgan fingerprint density at radius 1 is 0.944 bits per heavy atom. The molecule has 3 atom stereocenters. The predicted molar refractivity (Wildman–Crippen MR) is 73.1 cm³/mol. The minimum Gasteiger partial charge on any atom is -0.393 e. The van der Waals surface area contributed by atoms with Crippen molar-refractivity contribution in [3.63, 3.8) is 0 Å². The third-order valence-corrected chi connectivity index (χ3v) is 7.60. The smallest absolute Gasteiger partial charge is 0.0599 e. The zero-order valence-electron chi connectivity index (χ0n) is 12.0. The van der Waals surface area contributed by atoms with Crippen molar-refractivity contribution >= 4 is 0 Å². The lowest BCUT2D eigenvalue weighted by Gasteiger charge is -2.67. The first kappa shape index (κ1) is 11.8. The molecule has 102 valence electrons. The topological polar surface area (TPSA) is 20.2 Å². The quantitative estimate of drug-likeness (QED) is 0.783. The van der Waals surface area contributed by atoms with Gasteiger partial charge in [-0.15, -0.1) is 0 Å². The van der Waals surface area contributed by atoms with Crippen LogP contribution in [0.3, 0.4) is 0 Å². The Kier molecular flexibility index (Phi) is 2.31. The zero-order valence-corrected chi connectivity index (χ0v) is 12.0. The normalized spacial score (nSPS) is 61.8. The van der Waals surface area contributed by atoms with E-state index in [1.54, 1.807) is 0 Å². The van der Waals surface area contributed by atoms with Crippen LogP contribution in [0.15, 0.2) is 0 Å². The highest BCUT2D eigenvalue weighted by atomic mass is 16.3. The van der Waals surface area contributed by atoms with E-state index in [9.17, 15) is 5.11 Å². The highest BCUT2D eigenvalue weighted by Gasteiger charge is 2.63. The molecule has 3 unspecified atom stereocenters. The van der Waals surface area contributed by atoms with Crippen molar-refractivity contribution in [2.45, 2.75) is 71.3 Å². The SMILES string of the molecule is CCC1(C)C(O)CC1C12CC3CC(CC(C3)C1)C2. The molecule has 0 spiro atoms. The van der Waals surface area contributed by atoms with E-state index >= 15 is 0 Å². The molecule has 0 aromatic carbocycles. The molecule has 5 aliphatic carbocycles. The van der Waals surface area contributed by atoms with Gasteiger partial charge in [0.1, 0.15) is 0 Å². The Bertz CT molecular complexity index is 325. The average Bonchev–Trinajstić information content (AvgIpc) is 2.33. The molecule has 1 N–H and O–H groups in total. The fourth-order valence-corrected chi connectivity index (χ4v) is 6.87. The van der Waals surface area contributed by atoms with Gasteiger partial charge in [-0.2, -0.15) is 0 Å². The lowest BCUT2D eigenvalue weighted by atomic mass is 9.38. The summed E-state index contributed by atoms with van der Waals surface area (Å²) in [6.45, 7) is 4.65. The highest BCUT2D eigenvalue weighted by Crippen LogP contribution is 2.69. The maximum absolute atomic E-state index is 10.2. The first-order chi connectivity index (χ1) is 8.56. The molecule has 5 fully saturated rings. The van der Waals surface area contributed by atoms with E-state index in [0.29, 0.717) is 5.41 Å². The Morgan fingerprint density at radius 3 is 1.83 bits per heavy atom. The number of aliphatic hydroxyl groups is 1. The van der Waals surface area contributed by atoms with Gasteiger partial charge >= 0.3 is 0 Å². The Morgan fingerprint density at radius 2 is 1.44 bits per heavy atom. The summed E-state index contributed by atoms with van der Waals surface area (Å²) in [6.07, 6.45) is 11.4.